The van der Waals surface area contributed by atoms with Crippen LogP contribution in [-0.2, 0) is 0 Å². The smallest absolute Gasteiger partial charge is 0.315 e. The highest BCUT2D eigenvalue weighted by atomic mass is 32.1. The molecule has 0 radical (unpaired) electrons. The molecule has 1 aliphatic carbocycles. The summed E-state index contributed by atoms with van der Waals surface area (Å²) in [6.45, 7) is 0.768. The number of urea groups is 1. The first-order valence-corrected chi connectivity index (χ1v) is 9.81. The van der Waals surface area contributed by atoms with Gasteiger partial charge in [-0.2, -0.15) is 0 Å². The Balaban J connectivity index is 1.45. The summed E-state index contributed by atoms with van der Waals surface area (Å²) in [6, 6.07) is 0.00369. The molecule has 4 rings (SSSR count). The molecule has 0 aromatic carbocycles. The summed E-state index contributed by atoms with van der Waals surface area (Å²) in [5.41, 5.74) is 0. The summed E-state index contributed by atoms with van der Waals surface area (Å²) in [4.78, 5) is 19.0. The van der Waals surface area contributed by atoms with Gasteiger partial charge in [0, 0.05) is 24.0 Å². The van der Waals surface area contributed by atoms with E-state index in [1.807, 2.05) is 10.3 Å². The molecule has 2 aromatic rings. The van der Waals surface area contributed by atoms with Crippen LogP contribution in [0, 0.1) is 0 Å². The van der Waals surface area contributed by atoms with Gasteiger partial charge in [0.1, 0.15) is 10.0 Å². The van der Waals surface area contributed by atoms with Gasteiger partial charge < -0.3 is 4.90 Å². The molecule has 1 saturated heterocycles. The van der Waals surface area contributed by atoms with Gasteiger partial charge in [0.2, 0.25) is 5.13 Å². The first kappa shape index (κ1) is 15.0. The molecule has 122 valence electrons. The molecule has 1 atom stereocenters. The van der Waals surface area contributed by atoms with E-state index in [1.54, 1.807) is 17.5 Å². The van der Waals surface area contributed by atoms with Gasteiger partial charge in [-0.25, -0.2) is 9.78 Å². The third kappa shape index (κ3) is 3.10. The molecule has 2 fully saturated rings. The molecule has 1 saturated carbocycles. The van der Waals surface area contributed by atoms with Crippen LogP contribution in [-0.4, -0.2) is 32.7 Å². The third-order valence-electron chi connectivity index (χ3n) is 4.61. The molecule has 2 amide bonds. The molecule has 2 aromatic heterocycles. The van der Waals surface area contributed by atoms with Gasteiger partial charge in [-0.3, -0.25) is 5.32 Å². The van der Waals surface area contributed by atoms with E-state index in [9.17, 15) is 4.79 Å². The maximum Gasteiger partial charge on any atom is 0.324 e. The van der Waals surface area contributed by atoms with Gasteiger partial charge >= 0.3 is 6.03 Å². The van der Waals surface area contributed by atoms with Crippen LogP contribution < -0.4 is 5.32 Å². The lowest BCUT2D eigenvalue weighted by Gasteiger charge is -2.34. The SMILES string of the molecule is O=C(Nc1nnc(C2CCC2)s1)N1CCCC[C@@H]1c1nccs1. The Hall–Kier alpha value is -1.54. The number of amides is 2. The van der Waals surface area contributed by atoms with Crippen molar-refractivity contribution in [3.63, 3.8) is 0 Å². The van der Waals surface area contributed by atoms with Crippen molar-refractivity contribution >= 4 is 33.8 Å². The number of rotatable bonds is 3. The number of thiazole rings is 1. The molecule has 1 aliphatic heterocycles. The van der Waals surface area contributed by atoms with E-state index in [4.69, 9.17) is 0 Å². The van der Waals surface area contributed by atoms with Gasteiger partial charge in [0.15, 0.2) is 0 Å². The van der Waals surface area contributed by atoms with E-state index < -0.39 is 0 Å². The molecule has 0 spiro atoms. The maximum atomic E-state index is 12.7. The quantitative estimate of drug-likeness (QED) is 0.908. The van der Waals surface area contributed by atoms with Crippen LogP contribution in [0.25, 0.3) is 0 Å². The average molecular weight is 349 g/mol. The zero-order chi connectivity index (χ0) is 15.6. The van der Waals surface area contributed by atoms with Crippen molar-refractivity contribution in [2.45, 2.75) is 50.5 Å². The number of piperidine rings is 1. The lowest BCUT2D eigenvalue weighted by Crippen LogP contribution is -2.41. The number of likely N-dealkylation sites (tertiary alicyclic amines) is 1. The van der Waals surface area contributed by atoms with Crippen LogP contribution in [0.1, 0.15) is 60.5 Å². The zero-order valence-corrected chi connectivity index (χ0v) is 14.4. The van der Waals surface area contributed by atoms with E-state index in [0.717, 1.165) is 35.8 Å². The molecule has 2 aliphatic rings. The number of aromatic nitrogens is 3. The lowest BCUT2D eigenvalue weighted by molar-refractivity contribution is 0.163. The van der Waals surface area contributed by atoms with Crippen molar-refractivity contribution in [2.75, 3.05) is 11.9 Å². The van der Waals surface area contributed by atoms with E-state index in [-0.39, 0.29) is 12.1 Å². The highest BCUT2D eigenvalue weighted by Crippen LogP contribution is 2.39. The normalized spacial score (nSPS) is 21.9. The number of nitrogens with one attached hydrogen (secondary N) is 1. The van der Waals surface area contributed by atoms with Crippen LogP contribution in [0.4, 0.5) is 9.93 Å². The van der Waals surface area contributed by atoms with Crippen LogP contribution in [0.2, 0.25) is 0 Å². The van der Waals surface area contributed by atoms with Crippen molar-refractivity contribution in [1.29, 1.82) is 0 Å². The van der Waals surface area contributed by atoms with Gasteiger partial charge in [-0.05, 0) is 32.1 Å². The molecule has 1 N–H and O–H groups in total. The minimum Gasteiger partial charge on any atom is -0.315 e. The molecule has 8 heteroatoms. The zero-order valence-electron chi connectivity index (χ0n) is 12.8. The summed E-state index contributed by atoms with van der Waals surface area (Å²) in [5, 5.41) is 16.0. The average Bonchev–Trinajstić information content (AvgIpc) is 3.17. The summed E-state index contributed by atoms with van der Waals surface area (Å²) in [5.74, 6) is 0.552. The second kappa shape index (κ2) is 6.52. The van der Waals surface area contributed by atoms with Crippen molar-refractivity contribution in [3.8, 4) is 0 Å². The predicted octanol–water partition coefficient (Wildman–Crippen LogP) is 4.02. The molecule has 23 heavy (non-hydrogen) atoms. The van der Waals surface area contributed by atoms with E-state index in [2.05, 4.69) is 20.5 Å². The largest absolute Gasteiger partial charge is 0.324 e. The number of hydrogen-bond acceptors (Lipinski definition) is 6. The second-order valence-electron chi connectivity index (χ2n) is 6.08. The number of nitrogens with zero attached hydrogens (tertiary/aromatic N) is 4. The summed E-state index contributed by atoms with van der Waals surface area (Å²) >= 11 is 3.13. The summed E-state index contributed by atoms with van der Waals surface area (Å²) in [7, 11) is 0. The Labute approximate surface area is 143 Å². The summed E-state index contributed by atoms with van der Waals surface area (Å²) in [6.07, 6.45) is 8.62. The van der Waals surface area contributed by atoms with Crippen LogP contribution >= 0.6 is 22.7 Å². The highest BCUT2D eigenvalue weighted by molar-refractivity contribution is 7.15. The Kier molecular flexibility index (Phi) is 4.26. The first-order chi connectivity index (χ1) is 11.3. The maximum absolute atomic E-state index is 12.7. The van der Waals surface area contributed by atoms with Crippen molar-refractivity contribution in [3.05, 3.63) is 21.6 Å². The predicted molar refractivity (Wildman–Crippen MR) is 90.9 cm³/mol. The minimum atomic E-state index is -0.0822. The molecule has 6 nitrogen and oxygen atoms in total. The minimum absolute atomic E-state index is 0.0822. The molecule has 0 unspecified atom stereocenters. The fourth-order valence-electron chi connectivity index (χ4n) is 3.10. The number of hydrogen-bond donors (Lipinski definition) is 1. The number of carbonyl (C=O) groups is 1. The lowest BCUT2D eigenvalue weighted by atomic mass is 9.86. The molecular formula is C15H19N5OS2. The highest BCUT2D eigenvalue weighted by Gasteiger charge is 2.30. The van der Waals surface area contributed by atoms with Gasteiger partial charge in [0.25, 0.3) is 0 Å². The Morgan fingerprint density at radius 1 is 1.17 bits per heavy atom. The fraction of sp³-hybridized carbons (Fsp3) is 0.600. The van der Waals surface area contributed by atoms with Crippen molar-refractivity contribution < 1.29 is 4.79 Å². The van der Waals surface area contributed by atoms with E-state index >= 15 is 0 Å². The number of carbonyl (C=O) groups excluding carboxylic acids is 1. The Morgan fingerprint density at radius 2 is 2.09 bits per heavy atom. The topological polar surface area (TPSA) is 71.0 Å². The first-order valence-electron chi connectivity index (χ1n) is 8.11. The molecule has 0 bridgehead atoms. The second-order valence-corrected chi connectivity index (χ2v) is 8.01. The summed E-state index contributed by atoms with van der Waals surface area (Å²) < 4.78 is 0. The van der Waals surface area contributed by atoms with Crippen LogP contribution in [0.5, 0.6) is 0 Å². The van der Waals surface area contributed by atoms with Crippen LogP contribution in [0.3, 0.4) is 0 Å². The van der Waals surface area contributed by atoms with E-state index in [1.165, 1.54) is 30.6 Å². The Morgan fingerprint density at radius 3 is 2.83 bits per heavy atom. The molecule has 3 heterocycles. The standard InChI is InChI=1S/C15H19N5OS2/c21-15(17-14-19-18-12(23-14)10-4-3-5-10)20-8-2-1-6-11(20)13-16-7-9-22-13/h7,9-11H,1-6,8H2,(H,17,19,21)/t11-/m1/s1. The van der Waals surface area contributed by atoms with Crippen molar-refractivity contribution in [1.82, 2.24) is 20.1 Å². The number of anilines is 1. The van der Waals surface area contributed by atoms with Crippen LogP contribution in [0.15, 0.2) is 11.6 Å². The monoisotopic (exact) mass is 349 g/mol. The Bertz CT molecular complexity index is 667. The van der Waals surface area contributed by atoms with Gasteiger partial charge in [0.05, 0.1) is 6.04 Å². The van der Waals surface area contributed by atoms with Crippen molar-refractivity contribution in [2.24, 2.45) is 0 Å². The van der Waals surface area contributed by atoms with Gasteiger partial charge in [-0.1, -0.05) is 17.8 Å². The molecular weight excluding hydrogens is 330 g/mol. The van der Waals surface area contributed by atoms with E-state index in [0.29, 0.717) is 11.0 Å². The fourth-order valence-corrected chi connectivity index (χ4v) is 4.79. The van der Waals surface area contributed by atoms with Gasteiger partial charge in [-0.15, -0.1) is 21.5 Å². The third-order valence-corrected chi connectivity index (χ3v) is 6.49.